The summed E-state index contributed by atoms with van der Waals surface area (Å²) in [5, 5.41) is 0. The number of hydrogen-bond donors (Lipinski definition) is 0. The van der Waals surface area contributed by atoms with E-state index in [1.807, 2.05) is 0 Å². The van der Waals surface area contributed by atoms with Crippen LogP contribution in [0.1, 0.15) is 12.8 Å². The van der Waals surface area contributed by atoms with E-state index in [9.17, 15) is 24.0 Å². The van der Waals surface area contributed by atoms with Crippen molar-refractivity contribution in [3.63, 3.8) is 0 Å². The van der Waals surface area contributed by atoms with Gasteiger partial charge in [-0.3, -0.25) is 29.0 Å². The van der Waals surface area contributed by atoms with Crippen molar-refractivity contribution in [3.05, 3.63) is 0 Å². The van der Waals surface area contributed by atoms with E-state index in [0.29, 0.717) is 52.6 Å². The van der Waals surface area contributed by atoms with Crippen LogP contribution in [0.15, 0.2) is 0 Å². The van der Waals surface area contributed by atoms with Crippen molar-refractivity contribution in [2.45, 2.75) is 12.8 Å². The van der Waals surface area contributed by atoms with Crippen LogP contribution in [0.25, 0.3) is 0 Å². The number of amides is 6. The predicted molar refractivity (Wildman–Crippen MR) is 97.4 cm³/mol. The molecular formula is C18H26N4O7. The summed E-state index contributed by atoms with van der Waals surface area (Å²) in [6, 6.07) is -0.784. The first-order valence-corrected chi connectivity index (χ1v) is 9.59. The van der Waals surface area contributed by atoms with Gasteiger partial charge in [0.2, 0.25) is 23.6 Å². The molecule has 0 aromatic rings. The number of imide groups is 2. The van der Waals surface area contributed by atoms with Gasteiger partial charge in [0.15, 0.2) is 0 Å². The molecule has 160 valence electrons. The molecule has 6 amide bonds. The first kappa shape index (κ1) is 21.2. The van der Waals surface area contributed by atoms with E-state index in [0.717, 1.165) is 9.80 Å². The molecule has 3 aliphatic heterocycles. The minimum Gasteiger partial charge on any atom is -0.378 e. The average Bonchev–Trinajstić information content (AvgIpc) is 2.76. The normalized spacial score (nSPS) is 22.9. The largest absolute Gasteiger partial charge is 0.378 e. The van der Waals surface area contributed by atoms with E-state index in [2.05, 4.69) is 0 Å². The Bertz CT molecular complexity index is 655. The van der Waals surface area contributed by atoms with Crippen molar-refractivity contribution < 1.29 is 33.4 Å². The van der Waals surface area contributed by atoms with Gasteiger partial charge >= 0.3 is 6.03 Å². The van der Waals surface area contributed by atoms with Crippen LogP contribution in [0.5, 0.6) is 0 Å². The Morgan fingerprint density at radius 1 is 0.759 bits per heavy atom. The maximum atomic E-state index is 13.1. The molecule has 0 saturated carbocycles. The third kappa shape index (κ3) is 3.97. The Hall–Kier alpha value is -2.53. The van der Waals surface area contributed by atoms with Gasteiger partial charge in [-0.25, -0.2) is 4.79 Å². The summed E-state index contributed by atoms with van der Waals surface area (Å²) >= 11 is 0. The lowest BCUT2D eigenvalue weighted by molar-refractivity contribution is -0.166. The second-order valence-corrected chi connectivity index (χ2v) is 7.43. The fraction of sp³-hybridized carbons (Fsp3) is 0.722. The summed E-state index contributed by atoms with van der Waals surface area (Å²) < 4.78 is 10.5. The number of urea groups is 1. The van der Waals surface area contributed by atoms with E-state index >= 15 is 0 Å². The van der Waals surface area contributed by atoms with E-state index in [-0.39, 0.29) is 0 Å². The molecule has 3 rings (SSSR count). The van der Waals surface area contributed by atoms with Gasteiger partial charge in [0.05, 0.1) is 39.3 Å². The van der Waals surface area contributed by atoms with Crippen LogP contribution >= 0.6 is 0 Å². The molecular weight excluding hydrogens is 384 g/mol. The highest BCUT2D eigenvalue weighted by Gasteiger charge is 2.58. The van der Waals surface area contributed by atoms with E-state index in [4.69, 9.17) is 9.47 Å². The molecule has 0 radical (unpaired) electrons. The molecule has 11 nitrogen and oxygen atoms in total. The van der Waals surface area contributed by atoms with Gasteiger partial charge in [-0.15, -0.1) is 0 Å². The van der Waals surface area contributed by atoms with Gasteiger partial charge in [-0.05, 0) is 0 Å². The number of carbonyl (C=O) groups is 5. The monoisotopic (exact) mass is 410 g/mol. The summed E-state index contributed by atoms with van der Waals surface area (Å²) in [5.74, 6) is -2.48. The summed E-state index contributed by atoms with van der Waals surface area (Å²) in [6.07, 6.45) is -0.939. The second kappa shape index (κ2) is 8.46. The SMILES string of the molecule is CN1C(=O)N(C)C(=O)C(CC(=O)N2CCOCC2)(CC(=O)N2CCOCC2)C1=O. The highest BCUT2D eigenvalue weighted by Crippen LogP contribution is 2.37. The molecule has 3 saturated heterocycles. The minimum atomic E-state index is -1.94. The molecule has 29 heavy (non-hydrogen) atoms. The Morgan fingerprint density at radius 3 is 1.45 bits per heavy atom. The Balaban J connectivity index is 1.90. The summed E-state index contributed by atoms with van der Waals surface area (Å²) in [6.45, 7) is 2.85. The van der Waals surface area contributed by atoms with Crippen LogP contribution < -0.4 is 0 Å². The van der Waals surface area contributed by atoms with Crippen LogP contribution in [0, 0.1) is 5.41 Å². The summed E-state index contributed by atoms with van der Waals surface area (Å²) in [5.41, 5.74) is -1.94. The number of nitrogens with zero attached hydrogens (tertiary/aromatic N) is 4. The van der Waals surface area contributed by atoms with E-state index in [1.165, 1.54) is 23.9 Å². The molecule has 0 N–H and O–H groups in total. The van der Waals surface area contributed by atoms with Crippen molar-refractivity contribution in [1.29, 1.82) is 0 Å². The highest BCUT2D eigenvalue weighted by atomic mass is 16.5. The first-order chi connectivity index (χ1) is 13.8. The molecule has 3 aliphatic rings. The van der Waals surface area contributed by atoms with Gasteiger partial charge in [0, 0.05) is 40.3 Å². The van der Waals surface area contributed by atoms with E-state index in [1.54, 1.807) is 0 Å². The molecule has 0 spiro atoms. The molecule has 0 aromatic heterocycles. The third-order valence-electron chi connectivity index (χ3n) is 5.64. The molecule has 0 unspecified atom stereocenters. The third-order valence-corrected chi connectivity index (χ3v) is 5.64. The lowest BCUT2D eigenvalue weighted by Gasteiger charge is -2.42. The zero-order valence-corrected chi connectivity index (χ0v) is 16.7. The number of barbiturate groups is 1. The Morgan fingerprint density at radius 2 is 1.10 bits per heavy atom. The number of ether oxygens (including phenoxy) is 2. The molecule has 0 aliphatic carbocycles. The smallest absolute Gasteiger partial charge is 0.332 e. The van der Waals surface area contributed by atoms with Crippen molar-refractivity contribution in [2.24, 2.45) is 5.41 Å². The van der Waals surface area contributed by atoms with Crippen molar-refractivity contribution in [2.75, 3.05) is 66.7 Å². The van der Waals surface area contributed by atoms with Gasteiger partial charge in [-0.1, -0.05) is 0 Å². The number of carbonyl (C=O) groups excluding carboxylic acids is 5. The average molecular weight is 410 g/mol. The summed E-state index contributed by atoms with van der Waals surface area (Å²) in [7, 11) is 2.50. The van der Waals surface area contributed by atoms with Crippen LogP contribution in [-0.2, 0) is 28.7 Å². The fourth-order valence-corrected chi connectivity index (χ4v) is 3.86. The van der Waals surface area contributed by atoms with Crippen LogP contribution in [0.3, 0.4) is 0 Å². The Kier molecular flexibility index (Phi) is 6.18. The molecule has 3 heterocycles. The quantitative estimate of drug-likeness (QED) is 0.519. The van der Waals surface area contributed by atoms with Gasteiger partial charge in [-0.2, -0.15) is 0 Å². The highest BCUT2D eigenvalue weighted by molar-refractivity contribution is 6.21. The topological polar surface area (TPSA) is 117 Å². The zero-order chi connectivity index (χ0) is 21.2. The minimum absolute atomic E-state index is 0.347. The molecule has 11 heteroatoms. The predicted octanol–water partition coefficient (Wildman–Crippen LogP) is -1.48. The van der Waals surface area contributed by atoms with Gasteiger partial charge < -0.3 is 19.3 Å². The van der Waals surface area contributed by atoms with Crippen molar-refractivity contribution >= 4 is 29.7 Å². The maximum Gasteiger partial charge on any atom is 0.332 e. The lowest BCUT2D eigenvalue weighted by Crippen LogP contribution is -2.65. The van der Waals surface area contributed by atoms with Crippen molar-refractivity contribution in [1.82, 2.24) is 19.6 Å². The van der Waals surface area contributed by atoms with Crippen LogP contribution in [0.2, 0.25) is 0 Å². The van der Waals surface area contributed by atoms with Crippen LogP contribution in [-0.4, -0.2) is 116 Å². The van der Waals surface area contributed by atoms with Crippen LogP contribution in [0.4, 0.5) is 4.79 Å². The fourth-order valence-electron chi connectivity index (χ4n) is 3.86. The number of rotatable bonds is 4. The maximum absolute atomic E-state index is 13.1. The molecule has 0 bridgehead atoms. The second-order valence-electron chi connectivity index (χ2n) is 7.43. The standard InChI is InChI=1S/C18H26N4O7/c1-19-15(25)18(16(26)20(2)17(19)27,11-13(23)21-3-7-28-8-4-21)12-14(24)22-5-9-29-10-6-22/h3-12H2,1-2H3. The molecule has 0 aromatic carbocycles. The lowest BCUT2D eigenvalue weighted by atomic mass is 9.76. The molecule has 3 fully saturated rings. The summed E-state index contributed by atoms with van der Waals surface area (Å²) in [4.78, 5) is 68.9. The number of morpholine rings is 2. The Labute approximate surface area is 168 Å². The van der Waals surface area contributed by atoms with Gasteiger partial charge in [0.25, 0.3) is 0 Å². The van der Waals surface area contributed by atoms with Gasteiger partial charge in [0.1, 0.15) is 5.41 Å². The first-order valence-electron chi connectivity index (χ1n) is 9.59. The number of hydrogen-bond acceptors (Lipinski definition) is 7. The molecule has 0 atom stereocenters. The zero-order valence-electron chi connectivity index (χ0n) is 16.7. The van der Waals surface area contributed by atoms with Crippen molar-refractivity contribution in [3.8, 4) is 0 Å². The van der Waals surface area contributed by atoms with E-state index < -0.39 is 47.9 Å².